The number of amides is 2. The molecule has 4 rings (SSSR count). The van der Waals surface area contributed by atoms with Crippen molar-refractivity contribution in [3.63, 3.8) is 0 Å². The van der Waals surface area contributed by atoms with E-state index in [4.69, 9.17) is 11.6 Å². The molecule has 0 aliphatic heterocycles. The lowest BCUT2D eigenvalue weighted by atomic mass is 10.0. The van der Waals surface area contributed by atoms with E-state index in [0.717, 1.165) is 38.3 Å². The average molecular weight is 711 g/mol. The molecule has 0 heterocycles. The van der Waals surface area contributed by atoms with Gasteiger partial charge in [0.25, 0.3) is 10.0 Å². The third-order valence-electron chi connectivity index (χ3n) is 7.33. The molecule has 45 heavy (non-hydrogen) atoms. The van der Waals surface area contributed by atoms with Crippen molar-refractivity contribution in [2.24, 2.45) is 0 Å². The third-order valence-corrected chi connectivity index (χ3v) is 9.84. The van der Waals surface area contributed by atoms with Gasteiger partial charge >= 0.3 is 0 Å². The van der Waals surface area contributed by atoms with Crippen molar-refractivity contribution in [1.82, 2.24) is 10.2 Å². The van der Waals surface area contributed by atoms with Crippen molar-refractivity contribution in [2.75, 3.05) is 17.4 Å². The number of carbonyl (C=O) groups excluding carboxylic acids is 2. The number of unbranched alkanes of at least 4 members (excludes halogenated alkanes) is 1. The van der Waals surface area contributed by atoms with Gasteiger partial charge in [0.2, 0.25) is 11.8 Å². The molecular weight excluding hydrogens is 674 g/mol. The highest BCUT2D eigenvalue weighted by Gasteiger charge is 2.34. The van der Waals surface area contributed by atoms with Crippen LogP contribution in [0.3, 0.4) is 0 Å². The molecule has 0 aliphatic carbocycles. The highest BCUT2D eigenvalue weighted by Crippen LogP contribution is 2.27. The molecule has 0 aromatic heterocycles. The van der Waals surface area contributed by atoms with E-state index in [9.17, 15) is 18.0 Å². The Morgan fingerprint density at radius 2 is 1.58 bits per heavy atom. The Hall–Kier alpha value is -3.66. The molecule has 0 fully saturated rings. The third kappa shape index (κ3) is 9.42. The number of hydrogen-bond acceptors (Lipinski definition) is 4. The number of nitrogens with one attached hydrogen (secondary N) is 1. The first-order valence-corrected chi connectivity index (χ1v) is 17.4. The zero-order chi connectivity index (χ0) is 32.4. The van der Waals surface area contributed by atoms with Gasteiger partial charge in [-0.1, -0.05) is 107 Å². The van der Waals surface area contributed by atoms with Crippen LogP contribution < -0.4 is 9.62 Å². The number of nitrogens with zero attached hydrogens (tertiary/aromatic N) is 2. The van der Waals surface area contributed by atoms with Crippen molar-refractivity contribution in [3.05, 3.63) is 129 Å². The molecule has 1 N–H and O–H groups in total. The number of carbonyl (C=O) groups is 2. The lowest BCUT2D eigenvalue weighted by molar-refractivity contribution is -0.140. The summed E-state index contributed by atoms with van der Waals surface area (Å²) in [6, 6.07) is 28.9. The highest BCUT2D eigenvalue weighted by atomic mass is 79.9. The Labute approximate surface area is 279 Å². The normalized spacial score (nSPS) is 11.9. The van der Waals surface area contributed by atoms with Gasteiger partial charge in [0.1, 0.15) is 12.6 Å². The molecule has 0 spiro atoms. The summed E-state index contributed by atoms with van der Waals surface area (Å²) >= 11 is 9.80. The van der Waals surface area contributed by atoms with Gasteiger partial charge in [-0.2, -0.15) is 0 Å². The zero-order valence-corrected chi connectivity index (χ0v) is 28.5. The molecule has 4 aromatic carbocycles. The van der Waals surface area contributed by atoms with Gasteiger partial charge in [-0.3, -0.25) is 13.9 Å². The Balaban J connectivity index is 1.79. The Morgan fingerprint density at radius 1 is 0.889 bits per heavy atom. The molecule has 1 atom stereocenters. The molecule has 0 saturated heterocycles. The Morgan fingerprint density at radius 3 is 2.24 bits per heavy atom. The summed E-state index contributed by atoms with van der Waals surface area (Å²) in [5.74, 6) is -0.830. The van der Waals surface area contributed by atoms with Crippen molar-refractivity contribution in [2.45, 2.75) is 50.6 Å². The first-order chi connectivity index (χ1) is 21.6. The maximum absolute atomic E-state index is 14.5. The summed E-state index contributed by atoms with van der Waals surface area (Å²) in [5.41, 5.74) is 2.80. The van der Waals surface area contributed by atoms with Crippen LogP contribution in [0.15, 0.2) is 112 Å². The minimum Gasteiger partial charge on any atom is -0.354 e. The van der Waals surface area contributed by atoms with Crippen LogP contribution in [0.5, 0.6) is 0 Å². The van der Waals surface area contributed by atoms with Crippen LogP contribution in [-0.4, -0.2) is 44.3 Å². The van der Waals surface area contributed by atoms with Gasteiger partial charge in [0.05, 0.1) is 10.6 Å². The van der Waals surface area contributed by atoms with E-state index < -0.39 is 28.5 Å². The first-order valence-electron chi connectivity index (χ1n) is 14.8. The maximum atomic E-state index is 14.5. The summed E-state index contributed by atoms with van der Waals surface area (Å²) in [6.07, 6.45) is 1.94. The van der Waals surface area contributed by atoms with Crippen LogP contribution in [0.2, 0.25) is 5.02 Å². The molecule has 0 bridgehead atoms. The topological polar surface area (TPSA) is 86.8 Å². The molecule has 0 saturated carbocycles. The minimum atomic E-state index is -4.20. The quantitative estimate of drug-likeness (QED) is 0.141. The number of aryl methyl sites for hydroxylation is 1. The van der Waals surface area contributed by atoms with Gasteiger partial charge in [-0.15, -0.1) is 0 Å². The van der Waals surface area contributed by atoms with E-state index in [1.54, 1.807) is 30.3 Å². The fraction of sp³-hybridized carbons (Fsp3) is 0.257. The number of benzene rings is 4. The second-order valence-electron chi connectivity index (χ2n) is 10.8. The van der Waals surface area contributed by atoms with Crippen LogP contribution in [-0.2, 0) is 32.6 Å². The Kier molecular flexibility index (Phi) is 12.2. The average Bonchev–Trinajstić information content (AvgIpc) is 3.02. The molecule has 10 heteroatoms. The summed E-state index contributed by atoms with van der Waals surface area (Å²) in [6.45, 7) is 3.92. The van der Waals surface area contributed by atoms with Crippen LogP contribution >= 0.6 is 27.5 Å². The van der Waals surface area contributed by atoms with E-state index in [0.29, 0.717) is 11.6 Å². The molecular formula is C35H37BrClN3O4S. The smallest absolute Gasteiger partial charge is 0.264 e. The van der Waals surface area contributed by atoms with E-state index in [2.05, 4.69) is 21.2 Å². The number of halogens is 2. The van der Waals surface area contributed by atoms with Crippen molar-refractivity contribution in [3.8, 4) is 0 Å². The van der Waals surface area contributed by atoms with Gasteiger partial charge in [-0.25, -0.2) is 8.42 Å². The minimum absolute atomic E-state index is 0.0394. The Bertz CT molecular complexity index is 1700. The predicted molar refractivity (Wildman–Crippen MR) is 184 cm³/mol. The second kappa shape index (κ2) is 16.1. The fourth-order valence-electron chi connectivity index (χ4n) is 4.89. The number of anilines is 1. The fourth-order valence-corrected chi connectivity index (χ4v) is 6.93. The summed E-state index contributed by atoms with van der Waals surface area (Å²) in [5, 5.41) is 3.33. The van der Waals surface area contributed by atoms with Crippen LogP contribution in [0.1, 0.15) is 36.5 Å². The molecule has 4 aromatic rings. The molecule has 0 aliphatic rings. The van der Waals surface area contributed by atoms with Crippen molar-refractivity contribution >= 4 is 55.1 Å². The molecule has 0 unspecified atom stereocenters. The number of rotatable bonds is 14. The second-order valence-corrected chi connectivity index (χ2v) is 14.0. The monoisotopic (exact) mass is 709 g/mol. The predicted octanol–water partition coefficient (Wildman–Crippen LogP) is 7.16. The van der Waals surface area contributed by atoms with Gasteiger partial charge in [-0.05, 0) is 66.9 Å². The standard InChI is InChI=1S/C35H37BrClN3O4S/c1-3-4-20-38-35(42)33(22-27-10-6-5-7-11-27)39(24-28-12-8-13-29(36)21-28)34(41)25-40(31-15-9-14-30(37)23-31)45(43,44)32-18-16-26(2)17-19-32/h5-19,21,23,33H,3-4,20,22,24-25H2,1-2H3,(H,38,42)/t33-/m0/s1. The largest absolute Gasteiger partial charge is 0.354 e. The lowest BCUT2D eigenvalue weighted by Crippen LogP contribution is -2.53. The van der Waals surface area contributed by atoms with E-state index in [1.165, 1.54) is 23.1 Å². The lowest BCUT2D eigenvalue weighted by Gasteiger charge is -2.34. The highest BCUT2D eigenvalue weighted by molar-refractivity contribution is 9.10. The van der Waals surface area contributed by atoms with Crippen molar-refractivity contribution in [1.29, 1.82) is 0 Å². The van der Waals surface area contributed by atoms with Gasteiger partial charge in [0.15, 0.2) is 0 Å². The number of sulfonamides is 1. The molecule has 7 nitrogen and oxygen atoms in total. The molecule has 2 amide bonds. The molecule has 0 radical (unpaired) electrons. The van der Waals surface area contributed by atoms with Gasteiger partial charge < -0.3 is 10.2 Å². The first kappa shape index (κ1) is 34.2. The van der Waals surface area contributed by atoms with Crippen molar-refractivity contribution < 1.29 is 18.0 Å². The van der Waals surface area contributed by atoms with E-state index >= 15 is 0 Å². The van der Waals surface area contributed by atoms with Crippen LogP contribution in [0.4, 0.5) is 5.69 Å². The summed E-state index contributed by atoms with van der Waals surface area (Å²) in [7, 11) is -4.20. The molecule has 236 valence electrons. The number of hydrogen-bond donors (Lipinski definition) is 1. The van der Waals surface area contributed by atoms with Crippen LogP contribution in [0.25, 0.3) is 0 Å². The maximum Gasteiger partial charge on any atom is 0.264 e. The van der Waals surface area contributed by atoms with E-state index in [1.807, 2.05) is 68.4 Å². The summed E-state index contributed by atoms with van der Waals surface area (Å²) < 4.78 is 30.1. The SMILES string of the molecule is CCCCNC(=O)[C@H](Cc1ccccc1)N(Cc1cccc(Br)c1)C(=O)CN(c1cccc(Cl)c1)S(=O)(=O)c1ccc(C)cc1. The summed E-state index contributed by atoms with van der Waals surface area (Å²) in [4.78, 5) is 29.8. The van der Waals surface area contributed by atoms with Crippen LogP contribution in [0, 0.1) is 6.92 Å². The van der Waals surface area contributed by atoms with Gasteiger partial charge in [0, 0.05) is 29.0 Å². The zero-order valence-electron chi connectivity index (χ0n) is 25.3. The van der Waals surface area contributed by atoms with E-state index in [-0.39, 0.29) is 29.5 Å².